The van der Waals surface area contributed by atoms with Crippen LogP contribution in [0.3, 0.4) is 0 Å². The summed E-state index contributed by atoms with van der Waals surface area (Å²) in [6.07, 6.45) is 1.82. The number of rotatable bonds is 5. The molecule has 2 rings (SSSR count). The van der Waals surface area contributed by atoms with Crippen LogP contribution in [0, 0.1) is 18.6 Å². The number of aromatic nitrogens is 2. The Morgan fingerprint density at radius 1 is 1.32 bits per heavy atom. The molecule has 0 amide bonds. The monoisotopic (exact) mass is 267 g/mol. The molecule has 1 N–H and O–H groups in total. The average molecular weight is 267 g/mol. The van der Waals surface area contributed by atoms with Crippen molar-refractivity contribution in [2.45, 2.75) is 26.3 Å². The molecule has 0 bridgehead atoms. The number of benzene rings is 1. The minimum Gasteiger partial charge on any atom is -0.343 e. The Kier molecular flexibility index (Phi) is 4.21. The van der Waals surface area contributed by atoms with Gasteiger partial charge < -0.3 is 9.84 Å². The van der Waals surface area contributed by atoms with Crippen LogP contribution < -0.4 is 5.32 Å². The molecular weight excluding hydrogens is 252 g/mol. The van der Waals surface area contributed by atoms with Gasteiger partial charge in [-0.1, -0.05) is 5.16 Å². The summed E-state index contributed by atoms with van der Waals surface area (Å²) in [6, 6.07) is 2.15. The molecule has 2 aromatic rings. The smallest absolute Gasteiger partial charge is 0.213 e. The lowest BCUT2D eigenvalue weighted by atomic mass is 10.0. The van der Waals surface area contributed by atoms with Crippen molar-refractivity contribution in [3.8, 4) is 0 Å². The van der Waals surface area contributed by atoms with E-state index in [-0.39, 0.29) is 6.04 Å². The second-order valence-electron chi connectivity index (χ2n) is 4.40. The molecule has 0 saturated heterocycles. The molecule has 19 heavy (non-hydrogen) atoms. The molecule has 1 heterocycles. The molecule has 102 valence electrons. The van der Waals surface area contributed by atoms with E-state index in [1.807, 2.05) is 0 Å². The maximum Gasteiger partial charge on any atom is 0.213 e. The first kappa shape index (κ1) is 13.6. The van der Waals surface area contributed by atoms with Crippen LogP contribution in [0.2, 0.25) is 0 Å². The Labute approximate surface area is 109 Å². The van der Waals surface area contributed by atoms with Gasteiger partial charge in [-0.3, -0.25) is 0 Å². The van der Waals surface area contributed by atoms with Crippen molar-refractivity contribution < 1.29 is 13.3 Å². The van der Waals surface area contributed by atoms with Gasteiger partial charge in [-0.2, -0.15) is 4.98 Å². The van der Waals surface area contributed by atoms with Crippen LogP contribution >= 0.6 is 0 Å². The van der Waals surface area contributed by atoms with Crippen LogP contribution in [0.1, 0.15) is 29.9 Å². The number of hydrogen-bond acceptors (Lipinski definition) is 4. The van der Waals surface area contributed by atoms with Gasteiger partial charge in [0, 0.05) is 24.6 Å². The molecule has 0 aliphatic rings. The van der Waals surface area contributed by atoms with Crippen molar-refractivity contribution in [3.63, 3.8) is 0 Å². The molecule has 0 saturated carbocycles. The summed E-state index contributed by atoms with van der Waals surface area (Å²) in [7, 11) is 0. The summed E-state index contributed by atoms with van der Waals surface area (Å²) >= 11 is 0. The minimum atomic E-state index is -0.404. The number of halogens is 2. The largest absolute Gasteiger partial charge is 0.343 e. The lowest BCUT2D eigenvalue weighted by molar-refractivity contribution is 0.408. The van der Waals surface area contributed by atoms with Gasteiger partial charge in [-0.25, -0.2) is 8.78 Å². The molecule has 1 aromatic carbocycles. The first-order chi connectivity index (χ1) is 9.08. The van der Waals surface area contributed by atoms with Crippen molar-refractivity contribution in [1.82, 2.24) is 15.5 Å². The van der Waals surface area contributed by atoms with Gasteiger partial charge in [0.1, 0.15) is 11.6 Å². The van der Waals surface area contributed by atoms with E-state index in [0.29, 0.717) is 29.9 Å². The van der Waals surface area contributed by atoms with Crippen LogP contribution in [-0.4, -0.2) is 16.7 Å². The van der Waals surface area contributed by atoms with E-state index in [0.717, 1.165) is 0 Å². The maximum absolute atomic E-state index is 13.7. The molecule has 0 spiro atoms. The van der Waals surface area contributed by atoms with E-state index < -0.39 is 11.6 Å². The number of nitrogens with zero attached hydrogens (tertiary/aromatic N) is 2. The minimum absolute atomic E-state index is 0.290. The fourth-order valence-corrected chi connectivity index (χ4v) is 1.81. The second-order valence-corrected chi connectivity index (χ2v) is 4.40. The lowest BCUT2D eigenvalue weighted by Gasteiger charge is -2.15. The molecule has 6 heteroatoms. The van der Waals surface area contributed by atoms with Crippen molar-refractivity contribution in [2.75, 3.05) is 6.54 Å². The van der Waals surface area contributed by atoms with Crippen LogP contribution in [0.15, 0.2) is 23.0 Å². The Hall–Kier alpha value is -1.82. The first-order valence-electron chi connectivity index (χ1n) is 6.02. The molecule has 0 radical (unpaired) electrons. The van der Waals surface area contributed by atoms with Crippen molar-refractivity contribution >= 4 is 0 Å². The van der Waals surface area contributed by atoms with E-state index in [1.54, 1.807) is 6.92 Å². The standard InChI is InChI=1S/C13H15F2N3O/c1-8-5-12(15)10(6-11(8)14)9(2)16-4-3-13-17-7-19-18-13/h5-7,9,16H,3-4H2,1-2H3. The highest BCUT2D eigenvalue weighted by Crippen LogP contribution is 2.20. The summed E-state index contributed by atoms with van der Waals surface area (Å²) in [6.45, 7) is 3.87. The molecule has 1 aromatic heterocycles. The van der Waals surface area contributed by atoms with Gasteiger partial charge in [-0.15, -0.1) is 0 Å². The van der Waals surface area contributed by atoms with E-state index >= 15 is 0 Å². The Morgan fingerprint density at radius 3 is 2.79 bits per heavy atom. The van der Waals surface area contributed by atoms with Gasteiger partial charge in [0.15, 0.2) is 5.82 Å². The zero-order valence-electron chi connectivity index (χ0n) is 10.8. The number of aryl methyl sites for hydroxylation is 1. The Morgan fingerprint density at radius 2 is 2.11 bits per heavy atom. The quantitative estimate of drug-likeness (QED) is 0.904. The van der Waals surface area contributed by atoms with E-state index in [1.165, 1.54) is 25.5 Å². The highest BCUT2D eigenvalue weighted by Gasteiger charge is 2.13. The third kappa shape index (κ3) is 3.35. The zero-order chi connectivity index (χ0) is 13.8. The SMILES string of the molecule is Cc1cc(F)c(C(C)NCCc2ncon2)cc1F. The molecule has 4 nitrogen and oxygen atoms in total. The van der Waals surface area contributed by atoms with Gasteiger partial charge in [0.05, 0.1) is 0 Å². The third-order valence-corrected chi connectivity index (χ3v) is 2.95. The second kappa shape index (κ2) is 5.88. The van der Waals surface area contributed by atoms with E-state index in [9.17, 15) is 8.78 Å². The van der Waals surface area contributed by atoms with Crippen molar-refractivity contribution in [1.29, 1.82) is 0 Å². The highest BCUT2D eigenvalue weighted by atomic mass is 19.1. The maximum atomic E-state index is 13.7. The van der Waals surface area contributed by atoms with Gasteiger partial charge in [0.2, 0.25) is 6.39 Å². The molecule has 0 aliphatic carbocycles. The topological polar surface area (TPSA) is 51.0 Å². The van der Waals surface area contributed by atoms with Crippen molar-refractivity contribution in [3.05, 3.63) is 47.1 Å². The van der Waals surface area contributed by atoms with Crippen LogP contribution in [0.5, 0.6) is 0 Å². The first-order valence-corrected chi connectivity index (χ1v) is 6.02. The molecule has 0 aliphatic heterocycles. The van der Waals surface area contributed by atoms with E-state index in [2.05, 4.69) is 20.0 Å². The molecule has 1 atom stereocenters. The summed E-state index contributed by atoms with van der Waals surface area (Å²) in [5, 5.41) is 6.77. The van der Waals surface area contributed by atoms with Crippen molar-refractivity contribution in [2.24, 2.45) is 0 Å². The third-order valence-electron chi connectivity index (χ3n) is 2.95. The summed E-state index contributed by atoms with van der Waals surface area (Å²) in [5.41, 5.74) is 0.622. The zero-order valence-corrected chi connectivity index (χ0v) is 10.8. The number of hydrogen-bond donors (Lipinski definition) is 1. The predicted octanol–water partition coefficient (Wildman–Crippen LogP) is 2.55. The Balaban J connectivity index is 1.96. The van der Waals surface area contributed by atoms with Gasteiger partial charge in [-0.05, 0) is 31.5 Å². The predicted molar refractivity (Wildman–Crippen MR) is 65.5 cm³/mol. The van der Waals surface area contributed by atoms with Crippen LogP contribution in [0.25, 0.3) is 0 Å². The normalized spacial score (nSPS) is 12.6. The van der Waals surface area contributed by atoms with E-state index in [4.69, 9.17) is 0 Å². The average Bonchev–Trinajstić information content (AvgIpc) is 2.86. The summed E-state index contributed by atoms with van der Waals surface area (Å²) in [5.74, 6) is -0.225. The molecule has 0 fully saturated rings. The fraction of sp³-hybridized carbons (Fsp3) is 0.385. The summed E-state index contributed by atoms with van der Waals surface area (Å²) in [4.78, 5) is 3.88. The van der Waals surface area contributed by atoms with Gasteiger partial charge >= 0.3 is 0 Å². The lowest BCUT2D eigenvalue weighted by Crippen LogP contribution is -2.22. The van der Waals surface area contributed by atoms with Crippen LogP contribution in [0.4, 0.5) is 8.78 Å². The van der Waals surface area contributed by atoms with Crippen LogP contribution in [-0.2, 0) is 6.42 Å². The number of nitrogens with one attached hydrogen (secondary N) is 1. The fourth-order valence-electron chi connectivity index (χ4n) is 1.81. The molecule has 1 unspecified atom stereocenters. The summed E-state index contributed by atoms with van der Waals surface area (Å²) < 4.78 is 31.8. The highest BCUT2D eigenvalue weighted by molar-refractivity contribution is 5.27. The Bertz CT molecular complexity index is 543. The van der Waals surface area contributed by atoms with Gasteiger partial charge in [0.25, 0.3) is 0 Å². The molecular formula is C13H15F2N3O.